The molecule has 102 valence electrons. The van der Waals surface area contributed by atoms with Gasteiger partial charge < -0.3 is 15.0 Å². The first-order chi connectivity index (χ1) is 8.44. The number of hydrogen-bond acceptors (Lipinski definition) is 3. The van der Waals surface area contributed by atoms with E-state index in [1.807, 2.05) is 26.2 Å². The molecule has 1 aromatic rings. The Morgan fingerprint density at radius 1 is 1.28 bits per heavy atom. The molecule has 0 amide bonds. The summed E-state index contributed by atoms with van der Waals surface area (Å²) in [4.78, 5) is 2.07. The van der Waals surface area contributed by atoms with Crippen LogP contribution in [0.25, 0.3) is 0 Å². The highest BCUT2D eigenvalue weighted by atomic mass is 16.5. The molecule has 0 fully saturated rings. The molecule has 3 nitrogen and oxygen atoms in total. The highest BCUT2D eigenvalue weighted by Crippen LogP contribution is 2.19. The lowest BCUT2D eigenvalue weighted by Crippen LogP contribution is -2.40. The Balaban J connectivity index is 2.38. The van der Waals surface area contributed by atoms with E-state index in [0.29, 0.717) is 6.61 Å². The Labute approximate surface area is 111 Å². The van der Waals surface area contributed by atoms with Gasteiger partial charge in [0.05, 0.1) is 0 Å². The Morgan fingerprint density at radius 2 is 2.00 bits per heavy atom. The summed E-state index contributed by atoms with van der Waals surface area (Å²) in [6.45, 7) is 8.17. The van der Waals surface area contributed by atoms with Gasteiger partial charge in [0.1, 0.15) is 12.4 Å². The maximum absolute atomic E-state index is 5.75. The van der Waals surface area contributed by atoms with Gasteiger partial charge in [-0.25, -0.2) is 0 Å². The summed E-state index contributed by atoms with van der Waals surface area (Å²) in [5.74, 6) is 0.928. The molecule has 0 bridgehead atoms. The predicted molar refractivity (Wildman–Crippen MR) is 78.6 cm³/mol. The fourth-order valence-corrected chi connectivity index (χ4v) is 1.53. The Kier molecular flexibility index (Phi) is 5.48. The molecular weight excluding hydrogens is 224 g/mol. The summed E-state index contributed by atoms with van der Waals surface area (Å²) < 4.78 is 5.75. The summed E-state index contributed by atoms with van der Waals surface area (Å²) in [5, 5.41) is 3.48. The highest BCUT2D eigenvalue weighted by molar-refractivity contribution is 5.49. The van der Waals surface area contributed by atoms with Crippen LogP contribution in [-0.2, 0) is 0 Å². The first-order valence-corrected chi connectivity index (χ1v) is 6.60. The zero-order valence-electron chi connectivity index (χ0n) is 12.3. The van der Waals surface area contributed by atoms with Crippen molar-refractivity contribution in [3.05, 3.63) is 24.3 Å². The quantitative estimate of drug-likeness (QED) is 0.753. The van der Waals surface area contributed by atoms with E-state index in [1.165, 1.54) is 0 Å². The third kappa shape index (κ3) is 4.96. The molecular formula is C15H26N2O. The third-order valence-corrected chi connectivity index (χ3v) is 3.19. The van der Waals surface area contributed by atoms with Crippen molar-refractivity contribution < 1.29 is 4.74 Å². The average molecular weight is 250 g/mol. The minimum atomic E-state index is 0.189. The molecule has 0 saturated heterocycles. The van der Waals surface area contributed by atoms with Gasteiger partial charge in [-0.3, -0.25) is 0 Å². The van der Waals surface area contributed by atoms with Gasteiger partial charge in [-0.2, -0.15) is 0 Å². The lowest BCUT2D eigenvalue weighted by atomic mass is 10.0. The molecule has 3 heteroatoms. The van der Waals surface area contributed by atoms with Crippen molar-refractivity contribution in [3.8, 4) is 5.75 Å². The Bertz CT molecular complexity index is 361. The van der Waals surface area contributed by atoms with Crippen molar-refractivity contribution in [3.63, 3.8) is 0 Å². The van der Waals surface area contributed by atoms with E-state index in [2.05, 4.69) is 43.1 Å². The summed E-state index contributed by atoms with van der Waals surface area (Å²) >= 11 is 0. The number of benzene rings is 1. The van der Waals surface area contributed by atoms with Crippen LogP contribution >= 0.6 is 0 Å². The van der Waals surface area contributed by atoms with Crippen molar-refractivity contribution in [2.75, 3.05) is 32.1 Å². The number of nitrogens with one attached hydrogen (secondary N) is 1. The SMILES string of the molecule is CCC(C)(C)NCCOc1cccc(N(C)C)c1. The van der Waals surface area contributed by atoms with Gasteiger partial charge in [-0.1, -0.05) is 13.0 Å². The molecule has 0 aliphatic carbocycles. The molecule has 0 heterocycles. The molecule has 18 heavy (non-hydrogen) atoms. The van der Waals surface area contributed by atoms with Crippen LogP contribution in [0.3, 0.4) is 0 Å². The van der Waals surface area contributed by atoms with Crippen LogP contribution in [0, 0.1) is 0 Å². The van der Waals surface area contributed by atoms with Gasteiger partial charge in [0.2, 0.25) is 0 Å². The smallest absolute Gasteiger partial charge is 0.121 e. The first-order valence-electron chi connectivity index (χ1n) is 6.60. The maximum atomic E-state index is 5.75. The topological polar surface area (TPSA) is 24.5 Å². The zero-order valence-corrected chi connectivity index (χ0v) is 12.3. The van der Waals surface area contributed by atoms with Crippen LogP contribution in [0.5, 0.6) is 5.75 Å². The third-order valence-electron chi connectivity index (χ3n) is 3.19. The summed E-state index contributed by atoms with van der Waals surface area (Å²) in [6.07, 6.45) is 1.11. The van der Waals surface area contributed by atoms with Crippen LogP contribution < -0.4 is 15.0 Å². The molecule has 0 unspecified atom stereocenters. The van der Waals surface area contributed by atoms with Crippen LogP contribution in [0.2, 0.25) is 0 Å². The van der Waals surface area contributed by atoms with Crippen molar-refractivity contribution in [1.29, 1.82) is 0 Å². The minimum Gasteiger partial charge on any atom is -0.492 e. The predicted octanol–water partition coefficient (Wildman–Crippen LogP) is 2.91. The molecule has 0 aliphatic heterocycles. The lowest BCUT2D eigenvalue weighted by Gasteiger charge is -2.24. The fraction of sp³-hybridized carbons (Fsp3) is 0.600. The van der Waals surface area contributed by atoms with Crippen LogP contribution in [0.15, 0.2) is 24.3 Å². The number of anilines is 1. The normalized spacial score (nSPS) is 11.4. The number of rotatable bonds is 7. The second kappa shape index (κ2) is 6.64. The molecule has 1 aromatic carbocycles. The largest absolute Gasteiger partial charge is 0.492 e. The van der Waals surface area contributed by atoms with Gasteiger partial charge in [0.15, 0.2) is 0 Å². The molecule has 0 aliphatic rings. The van der Waals surface area contributed by atoms with Gasteiger partial charge >= 0.3 is 0 Å². The van der Waals surface area contributed by atoms with Crippen molar-refractivity contribution >= 4 is 5.69 Å². The van der Waals surface area contributed by atoms with E-state index in [4.69, 9.17) is 4.74 Å². The lowest BCUT2D eigenvalue weighted by molar-refractivity contribution is 0.281. The molecule has 0 saturated carbocycles. The zero-order chi connectivity index (χ0) is 13.6. The standard InChI is InChI=1S/C15H26N2O/c1-6-15(2,3)16-10-11-18-14-9-7-8-13(12-14)17(4)5/h7-9,12,16H,6,10-11H2,1-5H3. The maximum Gasteiger partial charge on any atom is 0.121 e. The monoisotopic (exact) mass is 250 g/mol. The Morgan fingerprint density at radius 3 is 2.61 bits per heavy atom. The van der Waals surface area contributed by atoms with E-state index in [0.717, 1.165) is 24.4 Å². The first kappa shape index (κ1) is 14.8. The van der Waals surface area contributed by atoms with Gasteiger partial charge in [-0.05, 0) is 32.4 Å². The molecule has 1 N–H and O–H groups in total. The molecule has 0 atom stereocenters. The van der Waals surface area contributed by atoms with Crippen LogP contribution in [0.4, 0.5) is 5.69 Å². The highest BCUT2D eigenvalue weighted by Gasteiger charge is 2.12. The van der Waals surface area contributed by atoms with E-state index < -0.39 is 0 Å². The van der Waals surface area contributed by atoms with E-state index in [-0.39, 0.29) is 5.54 Å². The van der Waals surface area contributed by atoms with Gasteiger partial charge in [0.25, 0.3) is 0 Å². The van der Waals surface area contributed by atoms with Crippen molar-refractivity contribution in [2.24, 2.45) is 0 Å². The van der Waals surface area contributed by atoms with Crippen molar-refractivity contribution in [1.82, 2.24) is 5.32 Å². The molecule has 0 spiro atoms. The average Bonchev–Trinajstić information content (AvgIpc) is 2.35. The Hall–Kier alpha value is -1.22. The van der Waals surface area contributed by atoms with E-state index >= 15 is 0 Å². The second-order valence-electron chi connectivity index (χ2n) is 5.40. The minimum absolute atomic E-state index is 0.189. The number of hydrogen-bond donors (Lipinski definition) is 1. The van der Waals surface area contributed by atoms with Crippen LogP contribution in [0.1, 0.15) is 27.2 Å². The number of nitrogens with zero attached hydrogens (tertiary/aromatic N) is 1. The van der Waals surface area contributed by atoms with E-state index in [9.17, 15) is 0 Å². The molecule has 0 radical (unpaired) electrons. The van der Waals surface area contributed by atoms with E-state index in [1.54, 1.807) is 0 Å². The van der Waals surface area contributed by atoms with Crippen LogP contribution in [-0.4, -0.2) is 32.8 Å². The van der Waals surface area contributed by atoms with Crippen molar-refractivity contribution in [2.45, 2.75) is 32.7 Å². The fourth-order valence-electron chi connectivity index (χ4n) is 1.53. The second-order valence-corrected chi connectivity index (χ2v) is 5.40. The molecule has 0 aromatic heterocycles. The molecule has 1 rings (SSSR count). The van der Waals surface area contributed by atoms with Gasteiger partial charge in [0, 0.05) is 37.9 Å². The summed E-state index contributed by atoms with van der Waals surface area (Å²) in [6, 6.07) is 8.16. The number of ether oxygens (including phenoxy) is 1. The summed E-state index contributed by atoms with van der Waals surface area (Å²) in [7, 11) is 4.06. The summed E-state index contributed by atoms with van der Waals surface area (Å²) in [5.41, 5.74) is 1.35. The van der Waals surface area contributed by atoms with Gasteiger partial charge in [-0.15, -0.1) is 0 Å².